The van der Waals surface area contributed by atoms with Crippen LogP contribution in [-0.4, -0.2) is 28.7 Å². The van der Waals surface area contributed by atoms with Crippen molar-refractivity contribution in [2.45, 2.75) is 13.3 Å². The van der Waals surface area contributed by atoms with Gasteiger partial charge in [-0.2, -0.15) is 0 Å². The minimum atomic E-state index is 0.684. The second-order valence-electron chi connectivity index (χ2n) is 35.8. The number of benzene rings is 23. The normalized spacial score (nSPS) is 11.5. The average molecular weight is 1770 g/mol. The predicted molar refractivity (Wildman–Crippen MR) is 587 cm³/mol. The number of hydrogen-bond acceptors (Lipinski definition) is 3. The van der Waals surface area contributed by atoms with Gasteiger partial charge in [0.15, 0.2) is 5.82 Å². The number of aromatic nitrogens is 6. The molecule has 0 spiro atoms. The Balaban J connectivity index is 0.000000112. The summed E-state index contributed by atoms with van der Waals surface area (Å²) in [7, 11) is 0. The fraction of sp³-hybridized carbons (Fsp3) is 0.0150. The van der Waals surface area contributed by atoms with Crippen LogP contribution in [0.3, 0.4) is 0 Å². The molecule has 0 aliphatic rings. The zero-order valence-electron chi connectivity index (χ0n) is 76.5. The van der Waals surface area contributed by atoms with E-state index < -0.39 is 0 Å². The van der Waals surface area contributed by atoms with E-state index in [-0.39, 0.29) is 0 Å². The van der Waals surface area contributed by atoms with Crippen molar-refractivity contribution in [1.29, 1.82) is 0 Å². The Kier molecular flexibility index (Phi) is 21.2. The van der Waals surface area contributed by atoms with Crippen molar-refractivity contribution in [2.75, 3.05) is 0 Å². The Morgan fingerprint density at radius 3 is 0.978 bits per heavy atom. The van der Waals surface area contributed by atoms with Gasteiger partial charge in [-0.3, -0.25) is 4.57 Å². The first kappa shape index (κ1) is 82.7. The molecule has 0 aliphatic heterocycles. The molecule has 0 saturated heterocycles. The predicted octanol–water partition coefficient (Wildman–Crippen LogP) is 35.5. The molecule has 0 amide bonds. The second kappa shape index (κ2) is 35.6. The standard InChI is InChI=1S/C52H34N4.C41H30N2.C40H26/c1-3-16-35(17-4-1)37-20-15-21-38(30-37)46-34-47(54-52(53-46)36-18-5-2-6-19-36)39-31-40(55-48-26-11-7-22-42(48)43-23-8-12-27-49(43)55)33-41(32-39)56-50-28-13-9-24-44(50)45-25-10-14-29-51(45)56;1-2-39-42-37-18-10-11-19-38(37)43(39)32-26-24-31(25-27-32)41-35-16-8-6-14-33(35)40(34-15-7-9-17-36(34)41)30-22-20-29(21-23-30)28-12-4-3-5-13-28;1-2-12-31-26-32(25-22-27(31)10-1)28-20-23-30(24-21-28)39-35-15-5-7-17-37(35)40(38-18-8-6-16-36(38)39)34-19-9-13-29-11-3-4-14-33(29)34/h1-34H;3-27H,2H2,1H3;1-26H. The summed E-state index contributed by atoms with van der Waals surface area (Å²) in [4.78, 5) is 15.5. The number of nitrogens with zero attached hydrogens (tertiary/aromatic N) is 6. The van der Waals surface area contributed by atoms with E-state index in [1.54, 1.807) is 0 Å². The third kappa shape index (κ3) is 15.1. The highest BCUT2D eigenvalue weighted by Gasteiger charge is 2.25. The summed E-state index contributed by atoms with van der Waals surface area (Å²) in [6.45, 7) is 2.17. The molecule has 23 aromatic carbocycles. The molecule has 0 N–H and O–H groups in total. The molecule has 0 saturated carbocycles. The molecule has 0 radical (unpaired) electrons. The van der Waals surface area contributed by atoms with Gasteiger partial charge in [-0.05, 0) is 227 Å². The van der Waals surface area contributed by atoms with Crippen LogP contribution in [0.2, 0.25) is 0 Å². The van der Waals surface area contributed by atoms with Gasteiger partial charge in [0, 0.05) is 61.7 Å². The SMILES string of the molecule is CCc1nc2ccccc2n1-c1ccc(-c2c3ccccc3c(-c3ccc(-c4ccccc4)cc3)c3ccccc23)cc1.c1ccc(-c2cccc(-c3cc(-c4cc(-n5c6ccccc6c6ccccc65)cc(-n5c6ccccc6c6ccccc65)c4)nc(-c4ccccc4)n3)c2)cc1.c1ccc2cc(-c3ccc(-c4c5ccccc5c(-c5cccc6ccccc56)c5ccccc45)cc3)ccc2c1. The van der Waals surface area contributed by atoms with Crippen LogP contribution >= 0.6 is 0 Å². The van der Waals surface area contributed by atoms with E-state index in [1.165, 1.54) is 159 Å². The molecule has 0 unspecified atom stereocenters. The molecule has 652 valence electrons. The Bertz CT molecular complexity index is 9040. The van der Waals surface area contributed by atoms with Crippen molar-refractivity contribution in [1.82, 2.24) is 28.7 Å². The summed E-state index contributed by atoms with van der Waals surface area (Å²) < 4.78 is 7.09. The molecular weight excluding hydrogens is 1680 g/mol. The minimum absolute atomic E-state index is 0.684. The molecule has 0 atom stereocenters. The molecule has 6 heteroatoms. The number of fused-ring (bicyclic) bond motifs is 13. The van der Waals surface area contributed by atoms with Crippen LogP contribution in [0, 0.1) is 0 Å². The highest BCUT2D eigenvalue weighted by molar-refractivity contribution is 6.25. The highest BCUT2D eigenvalue weighted by atomic mass is 15.1. The monoisotopic (exact) mass is 1770 g/mol. The van der Waals surface area contributed by atoms with Crippen LogP contribution in [0.4, 0.5) is 0 Å². The van der Waals surface area contributed by atoms with Gasteiger partial charge in [-0.1, -0.05) is 438 Å². The van der Waals surface area contributed by atoms with Crippen molar-refractivity contribution in [3.05, 3.63) is 521 Å². The summed E-state index contributed by atoms with van der Waals surface area (Å²) in [6.07, 6.45) is 0.875. The van der Waals surface area contributed by atoms with E-state index in [0.29, 0.717) is 5.82 Å². The first-order valence-corrected chi connectivity index (χ1v) is 47.8. The lowest BCUT2D eigenvalue weighted by Gasteiger charge is -2.19. The maximum Gasteiger partial charge on any atom is 0.160 e. The molecule has 0 aliphatic carbocycles. The zero-order chi connectivity index (χ0) is 92.2. The van der Waals surface area contributed by atoms with Gasteiger partial charge in [0.1, 0.15) is 5.82 Å². The maximum atomic E-state index is 5.34. The molecule has 27 aromatic rings. The van der Waals surface area contributed by atoms with Gasteiger partial charge in [-0.25, -0.2) is 15.0 Å². The molecule has 0 bridgehead atoms. The number of rotatable bonds is 14. The molecular formula is C133H90N6. The summed E-state index contributed by atoms with van der Waals surface area (Å²) >= 11 is 0. The van der Waals surface area contributed by atoms with Crippen molar-refractivity contribution < 1.29 is 0 Å². The van der Waals surface area contributed by atoms with E-state index in [0.717, 1.165) is 96.0 Å². The second-order valence-corrected chi connectivity index (χ2v) is 35.8. The van der Waals surface area contributed by atoms with Crippen LogP contribution in [0.1, 0.15) is 12.7 Å². The lowest BCUT2D eigenvalue weighted by molar-refractivity contribution is 0.908. The molecule has 27 rings (SSSR count). The van der Waals surface area contributed by atoms with Crippen molar-refractivity contribution in [2.24, 2.45) is 0 Å². The number of imidazole rings is 1. The average Bonchev–Trinajstić information content (AvgIpc) is 1.72. The first-order chi connectivity index (χ1) is 68.9. The fourth-order valence-corrected chi connectivity index (χ4v) is 21.3. The molecule has 6 nitrogen and oxygen atoms in total. The first-order valence-electron chi connectivity index (χ1n) is 47.8. The topological polar surface area (TPSA) is 53.5 Å². The van der Waals surface area contributed by atoms with Crippen LogP contribution in [0.15, 0.2) is 516 Å². The van der Waals surface area contributed by atoms with Gasteiger partial charge in [0.2, 0.25) is 0 Å². The lowest BCUT2D eigenvalue weighted by Crippen LogP contribution is -2.01. The highest BCUT2D eigenvalue weighted by Crippen LogP contribution is 2.49. The molecule has 4 heterocycles. The Morgan fingerprint density at radius 1 is 0.173 bits per heavy atom. The summed E-state index contributed by atoms with van der Waals surface area (Å²) in [5, 5.41) is 20.2. The van der Waals surface area contributed by atoms with Crippen LogP contribution < -0.4 is 0 Å². The van der Waals surface area contributed by atoms with E-state index in [9.17, 15) is 0 Å². The van der Waals surface area contributed by atoms with E-state index in [1.807, 2.05) is 18.2 Å². The summed E-state index contributed by atoms with van der Waals surface area (Å²) in [5.74, 6) is 1.76. The van der Waals surface area contributed by atoms with Gasteiger partial charge < -0.3 is 9.13 Å². The van der Waals surface area contributed by atoms with Gasteiger partial charge in [0.25, 0.3) is 0 Å². The Labute approximate surface area is 805 Å². The summed E-state index contributed by atoms with van der Waals surface area (Å²) in [6, 6.07) is 186. The van der Waals surface area contributed by atoms with E-state index in [4.69, 9.17) is 15.0 Å². The number of hydrogen-bond donors (Lipinski definition) is 0. The number of para-hydroxylation sites is 6. The largest absolute Gasteiger partial charge is 0.309 e. The van der Waals surface area contributed by atoms with Crippen LogP contribution in [0.5, 0.6) is 0 Å². The van der Waals surface area contributed by atoms with E-state index >= 15 is 0 Å². The smallest absolute Gasteiger partial charge is 0.160 e. The van der Waals surface area contributed by atoms with Crippen molar-refractivity contribution in [3.8, 4) is 129 Å². The van der Waals surface area contributed by atoms with Gasteiger partial charge >= 0.3 is 0 Å². The third-order valence-corrected chi connectivity index (χ3v) is 27.7. The third-order valence-electron chi connectivity index (χ3n) is 27.7. The molecule has 4 aromatic heterocycles. The minimum Gasteiger partial charge on any atom is -0.309 e. The van der Waals surface area contributed by atoms with Crippen molar-refractivity contribution >= 4 is 119 Å². The van der Waals surface area contributed by atoms with E-state index in [2.05, 4.69) is 518 Å². The van der Waals surface area contributed by atoms with Crippen molar-refractivity contribution in [3.63, 3.8) is 0 Å². The Morgan fingerprint density at radius 2 is 0.496 bits per heavy atom. The Hall–Kier alpha value is -18.2. The molecule has 139 heavy (non-hydrogen) atoms. The number of aryl methyl sites for hydroxylation is 1. The molecule has 0 fully saturated rings. The van der Waals surface area contributed by atoms with Crippen LogP contribution in [-0.2, 0) is 6.42 Å². The van der Waals surface area contributed by atoms with Gasteiger partial charge in [-0.15, -0.1) is 0 Å². The van der Waals surface area contributed by atoms with Gasteiger partial charge in [0.05, 0.1) is 44.5 Å². The fourth-order valence-electron chi connectivity index (χ4n) is 21.3. The van der Waals surface area contributed by atoms with Crippen LogP contribution in [0.25, 0.3) is 248 Å². The maximum absolute atomic E-state index is 5.34. The zero-order valence-corrected chi connectivity index (χ0v) is 76.5. The lowest BCUT2D eigenvalue weighted by atomic mass is 9.84. The quantitative estimate of drug-likeness (QED) is 0.102. The summed E-state index contributed by atoms with van der Waals surface area (Å²) in [5.41, 5.74) is 32.1.